The molecular weight excluding hydrogens is 275 g/mol. The molecule has 0 N–H and O–H groups in total. The molecule has 12 heavy (non-hydrogen) atoms. The van der Waals surface area contributed by atoms with Crippen LogP contribution in [-0.4, -0.2) is 10.5 Å². The predicted molar refractivity (Wildman–Crippen MR) is 56.6 cm³/mol. The maximum atomic E-state index is 5.63. The standard InChI is InChI=1S/C8H5Cl3Ge/c9-12(10,11)7-6-8-4-2-1-3-5-8/h1-5H. The summed E-state index contributed by atoms with van der Waals surface area (Å²) in [5.74, 6) is 2.82. The molecule has 0 fully saturated rings. The summed E-state index contributed by atoms with van der Waals surface area (Å²) in [5.41, 5.74) is 0.884. The number of hydrogen-bond acceptors (Lipinski definition) is 0. The SMILES string of the molecule is [Cl][Ge]([Cl])([Cl])[C]#Cc1ccccc1. The van der Waals surface area contributed by atoms with Crippen LogP contribution in [-0.2, 0) is 0 Å². The molecule has 0 saturated carbocycles. The molecule has 0 saturated heterocycles. The van der Waals surface area contributed by atoms with E-state index in [1.165, 1.54) is 0 Å². The molecule has 4 heteroatoms. The summed E-state index contributed by atoms with van der Waals surface area (Å²) in [7, 11) is 13.6. The fraction of sp³-hybridized carbons (Fsp3) is 0. The van der Waals surface area contributed by atoms with Gasteiger partial charge in [-0.25, -0.2) is 0 Å². The van der Waals surface area contributed by atoms with Crippen molar-refractivity contribution in [1.29, 1.82) is 0 Å². The summed E-state index contributed by atoms with van der Waals surface area (Å²) in [4.78, 5) is 0. The molecule has 0 atom stereocenters. The van der Waals surface area contributed by atoms with Gasteiger partial charge in [-0.1, -0.05) is 0 Å². The van der Waals surface area contributed by atoms with Gasteiger partial charge >= 0.3 is 87.1 Å². The van der Waals surface area contributed by atoms with Gasteiger partial charge in [0, 0.05) is 0 Å². The first-order chi connectivity index (χ1) is 5.58. The van der Waals surface area contributed by atoms with Crippen LogP contribution in [0.2, 0.25) is 0 Å². The van der Waals surface area contributed by atoms with Crippen LogP contribution in [0.3, 0.4) is 0 Å². The number of halogens is 3. The Morgan fingerprint density at radius 3 is 2.08 bits per heavy atom. The quantitative estimate of drug-likeness (QED) is 0.505. The van der Waals surface area contributed by atoms with E-state index in [9.17, 15) is 0 Å². The van der Waals surface area contributed by atoms with Crippen LogP contribution in [0, 0.1) is 10.7 Å². The van der Waals surface area contributed by atoms with Crippen molar-refractivity contribution in [2.45, 2.75) is 0 Å². The van der Waals surface area contributed by atoms with Crippen LogP contribution in [0.5, 0.6) is 0 Å². The molecule has 0 nitrogen and oxygen atoms in total. The monoisotopic (exact) mass is 280 g/mol. The van der Waals surface area contributed by atoms with Gasteiger partial charge in [-0.05, 0) is 0 Å². The zero-order valence-electron chi connectivity index (χ0n) is 6.02. The first-order valence-electron chi connectivity index (χ1n) is 3.23. The van der Waals surface area contributed by atoms with E-state index >= 15 is 0 Å². The number of rotatable bonds is 0. The van der Waals surface area contributed by atoms with Gasteiger partial charge in [-0.15, -0.1) is 0 Å². The molecule has 1 aromatic carbocycles. The van der Waals surface area contributed by atoms with E-state index in [1.807, 2.05) is 30.3 Å². The second kappa shape index (κ2) is 4.43. The second-order valence-corrected chi connectivity index (χ2v) is 16.6. The van der Waals surface area contributed by atoms with Crippen molar-refractivity contribution < 1.29 is 0 Å². The van der Waals surface area contributed by atoms with Gasteiger partial charge in [0.1, 0.15) is 0 Å². The zero-order chi connectivity index (χ0) is 9.03. The molecule has 0 unspecified atom stereocenters. The Morgan fingerprint density at radius 1 is 1.00 bits per heavy atom. The Bertz CT molecular complexity index is 305. The summed E-state index contributed by atoms with van der Waals surface area (Å²) in [6, 6.07) is 9.48. The van der Waals surface area contributed by atoms with Crippen LogP contribution < -0.4 is 0 Å². The van der Waals surface area contributed by atoms with Crippen LogP contribution in [0.1, 0.15) is 5.56 Å². The minimum atomic E-state index is -3.24. The molecule has 0 aromatic heterocycles. The minimum absolute atomic E-state index is 0.884. The zero-order valence-corrected chi connectivity index (χ0v) is 10.4. The van der Waals surface area contributed by atoms with E-state index in [0.29, 0.717) is 0 Å². The molecule has 1 rings (SSSR count). The van der Waals surface area contributed by atoms with E-state index in [1.54, 1.807) is 0 Å². The second-order valence-electron chi connectivity index (χ2n) is 2.11. The van der Waals surface area contributed by atoms with Crippen molar-refractivity contribution in [3.8, 4) is 10.7 Å². The molecule has 0 aliphatic heterocycles. The van der Waals surface area contributed by atoms with Crippen molar-refractivity contribution >= 4 is 40.5 Å². The van der Waals surface area contributed by atoms with Crippen molar-refractivity contribution in [3.63, 3.8) is 0 Å². The predicted octanol–water partition coefficient (Wildman–Crippen LogP) is 3.23. The Morgan fingerprint density at radius 2 is 1.58 bits per heavy atom. The summed E-state index contributed by atoms with van der Waals surface area (Å²) in [5, 5.41) is 0. The Labute approximate surface area is 86.7 Å². The normalized spacial score (nSPS) is 10.2. The molecule has 0 heterocycles. The van der Waals surface area contributed by atoms with Gasteiger partial charge in [0.15, 0.2) is 0 Å². The van der Waals surface area contributed by atoms with Crippen LogP contribution in [0.25, 0.3) is 0 Å². The van der Waals surface area contributed by atoms with E-state index in [2.05, 4.69) is 10.7 Å². The topological polar surface area (TPSA) is 0 Å². The molecule has 0 amide bonds. The molecule has 0 radical (unpaired) electrons. The fourth-order valence-electron chi connectivity index (χ4n) is 0.665. The maximum absolute atomic E-state index is 5.63. The average Bonchev–Trinajstić information content (AvgIpc) is 2.02. The van der Waals surface area contributed by atoms with Crippen molar-refractivity contribution in [1.82, 2.24) is 0 Å². The molecule has 0 bridgehead atoms. The summed E-state index contributed by atoms with van der Waals surface area (Å²) < 4.78 is 2.67. The van der Waals surface area contributed by atoms with Crippen molar-refractivity contribution in [2.24, 2.45) is 0 Å². The molecular formula is C8H5Cl3Ge. The van der Waals surface area contributed by atoms with E-state index in [0.717, 1.165) is 5.56 Å². The van der Waals surface area contributed by atoms with Gasteiger partial charge in [0.05, 0.1) is 0 Å². The molecule has 0 aliphatic carbocycles. The first kappa shape index (κ1) is 10.3. The summed E-state index contributed by atoms with van der Waals surface area (Å²) in [6.45, 7) is 0. The fourth-order valence-corrected chi connectivity index (χ4v) is 2.00. The summed E-state index contributed by atoms with van der Waals surface area (Å²) in [6.07, 6.45) is 0. The van der Waals surface area contributed by atoms with Gasteiger partial charge in [0.25, 0.3) is 0 Å². The van der Waals surface area contributed by atoms with Crippen LogP contribution >= 0.6 is 30.0 Å². The molecule has 1 aromatic rings. The van der Waals surface area contributed by atoms with Crippen LogP contribution in [0.15, 0.2) is 30.3 Å². The number of benzene rings is 1. The van der Waals surface area contributed by atoms with E-state index in [4.69, 9.17) is 30.0 Å². The van der Waals surface area contributed by atoms with Gasteiger partial charge in [0.2, 0.25) is 0 Å². The third-order valence-corrected chi connectivity index (χ3v) is 3.45. The van der Waals surface area contributed by atoms with Gasteiger partial charge < -0.3 is 0 Å². The Kier molecular flexibility index (Phi) is 3.80. The van der Waals surface area contributed by atoms with Crippen molar-refractivity contribution in [3.05, 3.63) is 35.9 Å². The molecule has 62 valence electrons. The third kappa shape index (κ3) is 4.28. The molecule has 0 aliphatic rings. The molecule has 0 spiro atoms. The Hall–Kier alpha value is 0.193. The number of hydrogen-bond donors (Lipinski definition) is 0. The van der Waals surface area contributed by atoms with Crippen molar-refractivity contribution in [2.75, 3.05) is 0 Å². The van der Waals surface area contributed by atoms with Gasteiger partial charge in [-0.3, -0.25) is 0 Å². The average molecular weight is 280 g/mol. The third-order valence-electron chi connectivity index (χ3n) is 1.12. The van der Waals surface area contributed by atoms with E-state index in [-0.39, 0.29) is 0 Å². The Balaban J connectivity index is 2.81. The van der Waals surface area contributed by atoms with Gasteiger partial charge in [-0.2, -0.15) is 0 Å². The first-order valence-corrected chi connectivity index (χ1v) is 12.5. The van der Waals surface area contributed by atoms with E-state index < -0.39 is 10.5 Å². The van der Waals surface area contributed by atoms with Crippen LogP contribution in [0.4, 0.5) is 0 Å². The summed E-state index contributed by atoms with van der Waals surface area (Å²) >= 11 is 0.